The van der Waals surface area contributed by atoms with Crippen LogP contribution >= 0.6 is 8.03 Å². The molecule has 6 unspecified atom stereocenters. The largest absolute Gasteiger partial charge is 0.534 e. The van der Waals surface area contributed by atoms with Gasteiger partial charge in [-0.15, -0.1) is 0 Å². The van der Waals surface area contributed by atoms with Crippen LogP contribution in [0.5, 0.6) is 0 Å². The Morgan fingerprint density at radius 2 is 2.19 bits per heavy atom. The highest BCUT2D eigenvalue weighted by molar-refractivity contribution is 7.40. The molecule has 1 saturated carbocycles. The van der Waals surface area contributed by atoms with E-state index in [2.05, 4.69) is 36.3 Å². The zero-order chi connectivity index (χ0) is 19.6. The quantitative estimate of drug-likeness (QED) is 0.496. The third kappa shape index (κ3) is 4.28. The van der Waals surface area contributed by atoms with Crippen molar-refractivity contribution >= 4 is 13.9 Å². The van der Waals surface area contributed by atoms with E-state index in [1.54, 1.807) is 0 Å². The van der Waals surface area contributed by atoms with Gasteiger partial charge in [-0.25, -0.2) is 0 Å². The van der Waals surface area contributed by atoms with E-state index in [1.807, 2.05) is 11.9 Å². The summed E-state index contributed by atoms with van der Waals surface area (Å²) in [4.78, 5) is 25.0. The molecule has 6 nitrogen and oxygen atoms in total. The lowest BCUT2D eigenvalue weighted by Crippen LogP contribution is -2.49. The summed E-state index contributed by atoms with van der Waals surface area (Å²) in [7, 11) is -0.528. The van der Waals surface area contributed by atoms with Crippen LogP contribution in [0.15, 0.2) is 24.4 Å². The van der Waals surface area contributed by atoms with Gasteiger partial charge in [0.2, 0.25) is 5.91 Å². The normalized spacial score (nSPS) is 39.5. The van der Waals surface area contributed by atoms with E-state index in [0.29, 0.717) is 24.6 Å². The standard InChI is InChI=1S/C20H32N3O3P/c1-14-11-18-15(2)22-20(27(25)26)12-16(20)9-7-5-4-6-8-10-17(21-3)19(24)23(18)13-14/h7,9,14,16-18,21-22H,2,4-6,8,10-13H2,1,3H3/p+1/b9-7-. The highest BCUT2D eigenvalue weighted by Gasteiger charge is 2.69. The molecule has 27 heavy (non-hydrogen) atoms. The van der Waals surface area contributed by atoms with Crippen LogP contribution in [0.25, 0.3) is 0 Å². The minimum Gasteiger partial charge on any atom is -0.339 e. The fourth-order valence-corrected chi connectivity index (χ4v) is 5.50. The number of carbonyl (C=O) groups is 1. The van der Waals surface area contributed by atoms with E-state index < -0.39 is 13.3 Å². The summed E-state index contributed by atoms with van der Waals surface area (Å²) in [5.74, 6) is 0.571. The monoisotopic (exact) mass is 394 g/mol. The summed E-state index contributed by atoms with van der Waals surface area (Å²) in [6, 6.07) is -0.297. The number of likely N-dealkylation sites (N-methyl/N-ethyl adjacent to an activating group) is 1. The first-order valence-electron chi connectivity index (χ1n) is 10.2. The molecular weight excluding hydrogens is 361 g/mol. The summed E-state index contributed by atoms with van der Waals surface area (Å²) < 4.78 is 12.1. The van der Waals surface area contributed by atoms with Gasteiger partial charge in [0, 0.05) is 18.7 Å². The van der Waals surface area contributed by atoms with Gasteiger partial charge in [0.1, 0.15) is 0 Å². The van der Waals surface area contributed by atoms with Gasteiger partial charge >= 0.3 is 8.03 Å². The fourth-order valence-electron chi connectivity index (χ4n) is 4.54. The Bertz CT molecular complexity index is 638. The van der Waals surface area contributed by atoms with Crippen LogP contribution in [0, 0.1) is 11.8 Å². The summed E-state index contributed by atoms with van der Waals surface area (Å²) in [5, 5.41) is 5.66. The van der Waals surface area contributed by atoms with E-state index in [0.717, 1.165) is 38.5 Å². The minimum atomic E-state index is -2.38. The fraction of sp³-hybridized carbons (Fsp3) is 0.750. The average Bonchev–Trinajstić information content (AvgIpc) is 3.18. The van der Waals surface area contributed by atoms with Gasteiger partial charge in [-0.05, 0) is 43.2 Å². The molecule has 7 heteroatoms. The van der Waals surface area contributed by atoms with E-state index in [9.17, 15) is 14.3 Å². The number of hydrogen-bond donors (Lipinski definition) is 3. The zero-order valence-electron chi connectivity index (χ0n) is 16.5. The third-order valence-corrected chi connectivity index (χ3v) is 7.59. The molecule has 1 saturated heterocycles. The number of amides is 1. The van der Waals surface area contributed by atoms with Crippen molar-refractivity contribution in [1.82, 2.24) is 15.5 Å². The van der Waals surface area contributed by atoms with Gasteiger partial charge in [0.25, 0.3) is 5.28 Å². The molecule has 150 valence electrons. The van der Waals surface area contributed by atoms with Crippen molar-refractivity contribution in [2.45, 2.75) is 69.2 Å². The molecule has 0 aromatic heterocycles. The lowest BCUT2D eigenvalue weighted by Gasteiger charge is -2.30. The molecule has 1 amide bonds. The van der Waals surface area contributed by atoms with Crippen molar-refractivity contribution in [2.24, 2.45) is 11.8 Å². The van der Waals surface area contributed by atoms with Crippen molar-refractivity contribution in [2.75, 3.05) is 13.6 Å². The molecule has 1 aliphatic carbocycles. The van der Waals surface area contributed by atoms with Crippen LogP contribution < -0.4 is 10.6 Å². The first kappa shape index (κ1) is 20.5. The van der Waals surface area contributed by atoms with Gasteiger partial charge in [0.15, 0.2) is 0 Å². The van der Waals surface area contributed by atoms with Crippen molar-refractivity contribution in [3.05, 3.63) is 24.4 Å². The molecular formula is C20H33N3O3P+. The van der Waals surface area contributed by atoms with Gasteiger partial charge in [0.05, 0.1) is 18.0 Å². The predicted molar refractivity (Wildman–Crippen MR) is 107 cm³/mol. The van der Waals surface area contributed by atoms with Gasteiger partial charge in [-0.3, -0.25) is 4.79 Å². The van der Waals surface area contributed by atoms with Crippen LogP contribution in [-0.4, -0.2) is 46.7 Å². The maximum atomic E-state index is 13.2. The zero-order valence-corrected chi connectivity index (χ0v) is 17.4. The molecule has 0 aromatic rings. The maximum absolute atomic E-state index is 13.2. The van der Waals surface area contributed by atoms with E-state index in [-0.39, 0.29) is 23.9 Å². The first-order chi connectivity index (χ1) is 12.9. The molecule has 0 bridgehead atoms. The number of allylic oxidation sites excluding steroid dienone is 1. The van der Waals surface area contributed by atoms with Crippen LogP contribution in [0.4, 0.5) is 0 Å². The topological polar surface area (TPSA) is 81.7 Å². The molecule has 3 aliphatic rings. The van der Waals surface area contributed by atoms with Crippen molar-refractivity contribution < 1.29 is 14.3 Å². The Kier molecular flexibility index (Phi) is 6.39. The summed E-state index contributed by atoms with van der Waals surface area (Å²) in [6.07, 6.45) is 10.7. The van der Waals surface area contributed by atoms with Gasteiger partial charge in [-0.1, -0.05) is 38.5 Å². The maximum Gasteiger partial charge on any atom is 0.534 e. The molecule has 0 spiro atoms. The number of hydrogen-bond acceptors (Lipinski definition) is 4. The SMILES string of the molecule is C=C1NC2([P+](=O)O)CC2/C=C\CCCCCC(NC)C(=O)N2CC(C)CC12. The predicted octanol–water partition coefficient (Wildman–Crippen LogP) is 2.89. The summed E-state index contributed by atoms with van der Waals surface area (Å²) in [5.41, 5.74) is 0.700. The van der Waals surface area contributed by atoms with E-state index >= 15 is 0 Å². The summed E-state index contributed by atoms with van der Waals surface area (Å²) in [6.45, 7) is 7.04. The number of nitrogens with one attached hydrogen (secondary N) is 2. The number of nitrogens with zero attached hydrogens (tertiary/aromatic N) is 1. The van der Waals surface area contributed by atoms with Crippen molar-refractivity contribution in [1.29, 1.82) is 0 Å². The lowest BCUT2D eigenvalue weighted by atomic mass is 10.0. The average molecular weight is 394 g/mol. The molecule has 2 fully saturated rings. The Labute approximate surface area is 163 Å². The highest BCUT2D eigenvalue weighted by atomic mass is 31.1. The number of rotatable bonds is 2. The Morgan fingerprint density at radius 1 is 1.41 bits per heavy atom. The van der Waals surface area contributed by atoms with E-state index in [4.69, 9.17) is 0 Å². The number of fused-ring (bicyclic) bond motifs is 2. The van der Waals surface area contributed by atoms with Gasteiger partial charge < -0.3 is 15.5 Å². The Morgan fingerprint density at radius 3 is 2.89 bits per heavy atom. The summed E-state index contributed by atoms with van der Waals surface area (Å²) >= 11 is 0. The highest BCUT2D eigenvalue weighted by Crippen LogP contribution is 2.59. The minimum absolute atomic E-state index is 0.0565. The van der Waals surface area contributed by atoms with Crippen molar-refractivity contribution in [3.8, 4) is 0 Å². The molecule has 0 radical (unpaired) electrons. The van der Waals surface area contributed by atoms with Crippen LogP contribution in [0.2, 0.25) is 0 Å². The van der Waals surface area contributed by atoms with Crippen molar-refractivity contribution in [3.63, 3.8) is 0 Å². The second kappa shape index (κ2) is 8.42. The van der Waals surface area contributed by atoms with E-state index in [1.165, 1.54) is 0 Å². The molecule has 6 atom stereocenters. The molecule has 3 N–H and O–H groups in total. The molecule has 2 aliphatic heterocycles. The molecule has 0 aromatic carbocycles. The first-order valence-corrected chi connectivity index (χ1v) is 11.4. The molecule has 2 heterocycles. The lowest BCUT2D eigenvalue weighted by molar-refractivity contribution is -0.134. The van der Waals surface area contributed by atoms with Crippen LogP contribution in [0.1, 0.15) is 51.9 Å². The Balaban J connectivity index is 1.84. The second-order valence-electron chi connectivity index (χ2n) is 8.41. The van der Waals surface area contributed by atoms with Crippen LogP contribution in [-0.2, 0) is 9.36 Å². The van der Waals surface area contributed by atoms with Gasteiger partial charge in [-0.2, -0.15) is 4.89 Å². The van der Waals surface area contributed by atoms with Crippen LogP contribution in [0.3, 0.4) is 0 Å². The second-order valence-corrected chi connectivity index (χ2v) is 9.76. The smallest absolute Gasteiger partial charge is 0.339 e. The number of carbonyl (C=O) groups excluding carboxylic acids is 1. The third-order valence-electron chi connectivity index (χ3n) is 6.28. The Hall–Kier alpha value is -1.23. The molecule has 3 rings (SSSR count).